The Balaban J connectivity index is 2.48. The summed E-state index contributed by atoms with van der Waals surface area (Å²) in [5.41, 5.74) is -0.0699. The number of hydrogen-bond donors (Lipinski definition) is 0. The van der Waals surface area contributed by atoms with Gasteiger partial charge in [0.25, 0.3) is 0 Å². The van der Waals surface area contributed by atoms with Gasteiger partial charge in [0.15, 0.2) is 0 Å². The summed E-state index contributed by atoms with van der Waals surface area (Å²) in [4.78, 5) is 11.1. The van der Waals surface area contributed by atoms with Crippen LogP contribution >= 0.6 is 11.8 Å². The second-order valence-corrected chi connectivity index (χ2v) is 4.67. The lowest BCUT2D eigenvalue weighted by atomic mass is 9.80. The van der Waals surface area contributed by atoms with Crippen LogP contribution in [0.3, 0.4) is 0 Å². The lowest BCUT2D eigenvalue weighted by Gasteiger charge is -2.24. The number of thioether (sulfide) groups is 1. The van der Waals surface area contributed by atoms with Gasteiger partial charge in [0.1, 0.15) is 6.29 Å². The molecule has 1 fully saturated rings. The quantitative estimate of drug-likeness (QED) is 0.653. The Morgan fingerprint density at radius 2 is 2.31 bits per heavy atom. The Hall–Kier alpha value is -0.0200. The van der Waals surface area contributed by atoms with Gasteiger partial charge in [-0.1, -0.05) is 0 Å². The number of hydrogen-bond acceptors (Lipinski definition) is 3. The molecule has 0 radical (unpaired) electrons. The smallest absolute Gasteiger partial charge is 0.126 e. The minimum absolute atomic E-state index is 0.0699. The van der Waals surface area contributed by atoms with Crippen molar-refractivity contribution >= 4 is 18.0 Å². The molecule has 1 unspecified atom stereocenters. The first-order valence-electron chi connectivity index (χ1n) is 4.86. The molecule has 1 atom stereocenters. The number of ether oxygens (including phenoxy) is 1. The van der Waals surface area contributed by atoms with Gasteiger partial charge < -0.3 is 9.53 Å². The molecule has 1 rings (SSSR count). The van der Waals surface area contributed by atoms with E-state index in [9.17, 15) is 4.79 Å². The fraction of sp³-hybridized carbons (Fsp3) is 0.900. The van der Waals surface area contributed by atoms with Crippen LogP contribution in [0.15, 0.2) is 0 Å². The largest absolute Gasteiger partial charge is 0.381 e. The zero-order valence-corrected chi connectivity index (χ0v) is 9.07. The molecule has 1 aliphatic rings. The Labute approximate surface area is 84.4 Å². The minimum Gasteiger partial charge on any atom is -0.381 e. The number of carbonyl (C=O) groups excluding carboxylic acids is 1. The van der Waals surface area contributed by atoms with Crippen molar-refractivity contribution in [3.8, 4) is 0 Å². The topological polar surface area (TPSA) is 26.3 Å². The van der Waals surface area contributed by atoms with E-state index in [1.165, 1.54) is 0 Å². The SMILES string of the molecule is CSCCC1(C=O)CCCOCC1. The molecule has 2 nitrogen and oxygen atoms in total. The molecule has 1 saturated heterocycles. The van der Waals surface area contributed by atoms with Crippen LogP contribution in [0.4, 0.5) is 0 Å². The van der Waals surface area contributed by atoms with Gasteiger partial charge in [-0.05, 0) is 37.7 Å². The average molecular weight is 202 g/mol. The lowest BCUT2D eigenvalue weighted by Crippen LogP contribution is -2.23. The first kappa shape index (κ1) is 11.1. The molecule has 0 aromatic rings. The third-order valence-corrected chi connectivity index (χ3v) is 3.37. The number of rotatable bonds is 4. The Morgan fingerprint density at radius 3 is 3.00 bits per heavy atom. The summed E-state index contributed by atoms with van der Waals surface area (Å²) in [6.07, 6.45) is 7.23. The third kappa shape index (κ3) is 3.31. The molecule has 13 heavy (non-hydrogen) atoms. The predicted molar refractivity (Wildman–Crippen MR) is 56.2 cm³/mol. The van der Waals surface area contributed by atoms with Gasteiger partial charge in [0.05, 0.1) is 0 Å². The van der Waals surface area contributed by atoms with E-state index in [4.69, 9.17) is 4.74 Å². The van der Waals surface area contributed by atoms with Crippen LogP contribution in [0.5, 0.6) is 0 Å². The minimum atomic E-state index is -0.0699. The average Bonchev–Trinajstić information content (AvgIpc) is 2.41. The molecule has 1 heterocycles. The monoisotopic (exact) mass is 202 g/mol. The van der Waals surface area contributed by atoms with Crippen molar-refractivity contribution in [1.82, 2.24) is 0 Å². The maximum Gasteiger partial charge on any atom is 0.126 e. The van der Waals surface area contributed by atoms with Crippen molar-refractivity contribution < 1.29 is 9.53 Å². The molecule has 0 spiro atoms. The molecule has 0 aromatic heterocycles. The molecule has 0 aliphatic carbocycles. The van der Waals surface area contributed by atoms with Crippen LogP contribution in [-0.2, 0) is 9.53 Å². The van der Waals surface area contributed by atoms with E-state index >= 15 is 0 Å². The van der Waals surface area contributed by atoms with Crippen molar-refractivity contribution in [3.63, 3.8) is 0 Å². The molecule has 1 aliphatic heterocycles. The summed E-state index contributed by atoms with van der Waals surface area (Å²) in [5, 5.41) is 0. The van der Waals surface area contributed by atoms with Crippen LogP contribution < -0.4 is 0 Å². The van der Waals surface area contributed by atoms with E-state index < -0.39 is 0 Å². The zero-order chi connectivity index (χ0) is 9.57. The lowest BCUT2D eigenvalue weighted by molar-refractivity contribution is -0.117. The standard InChI is InChI=1S/C10H18O2S/c1-13-8-5-10(9-11)3-2-6-12-7-4-10/h9H,2-8H2,1H3. The predicted octanol–water partition coefficient (Wildman–Crippen LogP) is 2.13. The van der Waals surface area contributed by atoms with E-state index in [0.29, 0.717) is 0 Å². The second kappa shape index (κ2) is 5.66. The van der Waals surface area contributed by atoms with Crippen molar-refractivity contribution in [3.05, 3.63) is 0 Å². The molecule has 76 valence electrons. The Morgan fingerprint density at radius 1 is 1.46 bits per heavy atom. The molecular formula is C10H18O2S. The third-order valence-electron chi connectivity index (χ3n) is 2.76. The normalized spacial score (nSPS) is 29.6. The molecule has 0 saturated carbocycles. The maximum atomic E-state index is 11.1. The number of aldehydes is 1. The fourth-order valence-electron chi connectivity index (χ4n) is 1.76. The highest BCUT2D eigenvalue weighted by molar-refractivity contribution is 7.98. The van der Waals surface area contributed by atoms with Gasteiger partial charge in [-0.25, -0.2) is 0 Å². The zero-order valence-electron chi connectivity index (χ0n) is 8.25. The first-order valence-corrected chi connectivity index (χ1v) is 6.25. The summed E-state index contributed by atoms with van der Waals surface area (Å²) >= 11 is 1.82. The van der Waals surface area contributed by atoms with E-state index in [1.807, 2.05) is 11.8 Å². The van der Waals surface area contributed by atoms with E-state index in [0.717, 1.165) is 50.9 Å². The van der Waals surface area contributed by atoms with Crippen molar-refractivity contribution in [1.29, 1.82) is 0 Å². The summed E-state index contributed by atoms with van der Waals surface area (Å²) in [7, 11) is 0. The molecule has 3 heteroatoms. The second-order valence-electron chi connectivity index (χ2n) is 3.69. The molecule has 0 bridgehead atoms. The van der Waals surface area contributed by atoms with Gasteiger partial charge in [-0.15, -0.1) is 0 Å². The van der Waals surface area contributed by atoms with Crippen LogP contribution in [0.25, 0.3) is 0 Å². The highest BCUT2D eigenvalue weighted by Gasteiger charge is 2.30. The highest BCUT2D eigenvalue weighted by atomic mass is 32.2. The van der Waals surface area contributed by atoms with Gasteiger partial charge >= 0.3 is 0 Å². The molecular weight excluding hydrogens is 184 g/mol. The van der Waals surface area contributed by atoms with Gasteiger partial charge in [0.2, 0.25) is 0 Å². The maximum absolute atomic E-state index is 11.1. The summed E-state index contributed by atoms with van der Waals surface area (Å²) < 4.78 is 5.37. The van der Waals surface area contributed by atoms with Crippen molar-refractivity contribution in [2.75, 3.05) is 25.2 Å². The number of carbonyl (C=O) groups is 1. The molecule has 0 N–H and O–H groups in total. The Bertz CT molecular complexity index is 151. The first-order chi connectivity index (χ1) is 6.33. The van der Waals surface area contributed by atoms with Gasteiger partial charge in [-0.2, -0.15) is 11.8 Å². The summed E-state index contributed by atoms with van der Waals surface area (Å²) in [5.74, 6) is 1.08. The van der Waals surface area contributed by atoms with Gasteiger partial charge in [-0.3, -0.25) is 0 Å². The van der Waals surface area contributed by atoms with Crippen LogP contribution in [-0.4, -0.2) is 31.5 Å². The van der Waals surface area contributed by atoms with Crippen molar-refractivity contribution in [2.24, 2.45) is 5.41 Å². The van der Waals surface area contributed by atoms with E-state index in [1.54, 1.807) is 0 Å². The van der Waals surface area contributed by atoms with Gasteiger partial charge in [0, 0.05) is 18.6 Å². The van der Waals surface area contributed by atoms with Crippen LogP contribution in [0.2, 0.25) is 0 Å². The fourth-order valence-corrected chi connectivity index (χ4v) is 2.37. The van der Waals surface area contributed by atoms with Crippen molar-refractivity contribution in [2.45, 2.75) is 25.7 Å². The van der Waals surface area contributed by atoms with Crippen LogP contribution in [0, 0.1) is 5.41 Å². The summed E-state index contributed by atoms with van der Waals surface area (Å²) in [6.45, 7) is 1.59. The van der Waals surface area contributed by atoms with E-state index in [-0.39, 0.29) is 5.41 Å². The highest BCUT2D eigenvalue weighted by Crippen LogP contribution is 2.33. The Kier molecular flexibility index (Phi) is 4.81. The summed E-state index contributed by atoms with van der Waals surface area (Å²) in [6, 6.07) is 0. The molecule has 0 aromatic carbocycles. The van der Waals surface area contributed by atoms with Crippen LogP contribution in [0.1, 0.15) is 25.7 Å². The van der Waals surface area contributed by atoms with E-state index in [2.05, 4.69) is 6.26 Å². The molecule has 0 amide bonds.